The number of carbonyl (C=O) groups is 3. The molecular formula is C23H36N2O6. The van der Waals surface area contributed by atoms with E-state index in [0.717, 1.165) is 0 Å². The fourth-order valence-corrected chi connectivity index (χ4v) is 3.01. The van der Waals surface area contributed by atoms with Gasteiger partial charge in [-0.05, 0) is 45.2 Å². The molecule has 1 N–H and O–H groups in total. The first-order valence-corrected chi connectivity index (χ1v) is 10.5. The second-order valence-corrected chi connectivity index (χ2v) is 8.99. The number of rotatable bonds is 10. The van der Waals surface area contributed by atoms with E-state index in [1.165, 1.54) is 23.9 Å². The maximum Gasteiger partial charge on any atom is 0.410 e. The van der Waals surface area contributed by atoms with Crippen LogP contribution in [-0.4, -0.2) is 71.3 Å². The van der Waals surface area contributed by atoms with Gasteiger partial charge in [-0.3, -0.25) is 9.69 Å². The maximum atomic E-state index is 13.2. The van der Waals surface area contributed by atoms with Crippen molar-refractivity contribution in [1.29, 1.82) is 0 Å². The lowest BCUT2D eigenvalue weighted by atomic mass is 10.0. The zero-order chi connectivity index (χ0) is 23.8. The molecule has 2 atom stereocenters. The van der Waals surface area contributed by atoms with Crippen molar-refractivity contribution in [3.8, 4) is 5.75 Å². The van der Waals surface area contributed by atoms with Crippen molar-refractivity contribution in [3.63, 3.8) is 0 Å². The lowest BCUT2D eigenvalue weighted by Gasteiger charge is -2.35. The number of aliphatic carboxylic acids is 1. The van der Waals surface area contributed by atoms with Gasteiger partial charge in [0.1, 0.15) is 23.4 Å². The number of carboxylic acid groups (broad SMARTS) is 1. The van der Waals surface area contributed by atoms with E-state index in [1.54, 1.807) is 32.9 Å². The van der Waals surface area contributed by atoms with E-state index in [-0.39, 0.29) is 18.9 Å². The number of likely N-dealkylation sites (N-methyl/N-ethyl adjacent to an activating group) is 2. The SMILES string of the molecule is CC(C)C[C@@H](C(=O)N(C)[C@H](CCOc1ccccc1)C(=O)O)N(C)C(=O)OC(C)(C)C. The normalized spacial score (nSPS) is 13.3. The topological polar surface area (TPSA) is 96.4 Å². The Bertz CT molecular complexity index is 729. The standard InChI is InChI=1S/C23H36N2O6/c1-16(2)15-19(25(7)22(29)31-23(3,4)5)20(26)24(6)18(21(27)28)13-14-30-17-11-9-8-10-12-17/h8-12,16,18-19H,13-15H2,1-7H3,(H,27,28)/t18-,19+/m1/s1. The van der Waals surface area contributed by atoms with Crippen LogP contribution in [0.15, 0.2) is 30.3 Å². The van der Waals surface area contributed by atoms with E-state index in [1.807, 2.05) is 32.0 Å². The molecule has 8 nitrogen and oxygen atoms in total. The van der Waals surface area contributed by atoms with Crippen LogP contribution < -0.4 is 4.74 Å². The number of hydrogen-bond acceptors (Lipinski definition) is 5. The van der Waals surface area contributed by atoms with Gasteiger partial charge in [0.05, 0.1) is 6.61 Å². The quantitative estimate of drug-likeness (QED) is 0.601. The molecule has 0 fully saturated rings. The molecule has 31 heavy (non-hydrogen) atoms. The number of nitrogens with zero attached hydrogens (tertiary/aromatic N) is 2. The lowest BCUT2D eigenvalue weighted by molar-refractivity contribution is -0.151. The number of ether oxygens (including phenoxy) is 2. The summed E-state index contributed by atoms with van der Waals surface area (Å²) < 4.78 is 11.0. The first kappa shape index (κ1) is 26.3. The fourth-order valence-electron chi connectivity index (χ4n) is 3.01. The van der Waals surface area contributed by atoms with Crippen molar-refractivity contribution < 1.29 is 29.0 Å². The minimum absolute atomic E-state index is 0.108. The van der Waals surface area contributed by atoms with Crippen LogP contribution in [0, 0.1) is 5.92 Å². The number of amides is 2. The second kappa shape index (κ2) is 11.6. The third kappa shape index (κ3) is 8.86. The molecule has 0 aliphatic heterocycles. The molecule has 1 rings (SSSR count). The zero-order valence-corrected chi connectivity index (χ0v) is 19.6. The molecule has 0 unspecified atom stereocenters. The Hall–Kier alpha value is -2.77. The average Bonchev–Trinajstić information content (AvgIpc) is 2.67. The van der Waals surface area contributed by atoms with E-state index >= 15 is 0 Å². The summed E-state index contributed by atoms with van der Waals surface area (Å²) >= 11 is 0. The molecule has 2 amide bonds. The Morgan fingerprint density at radius 1 is 1.00 bits per heavy atom. The lowest BCUT2D eigenvalue weighted by Crippen LogP contribution is -2.54. The molecule has 1 aromatic rings. The Balaban J connectivity index is 2.92. The third-order valence-corrected chi connectivity index (χ3v) is 4.63. The highest BCUT2D eigenvalue weighted by Crippen LogP contribution is 2.19. The van der Waals surface area contributed by atoms with Gasteiger partial charge in [-0.1, -0.05) is 32.0 Å². The molecule has 8 heteroatoms. The number of carboxylic acids is 1. The minimum Gasteiger partial charge on any atom is -0.494 e. The highest BCUT2D eigenvalue weighted by atomic mass is 16.6. The van der Waals surface area contributed by atoms with Gasteiger partial charge in [-0.2, -0.15) is 0 Å². The van der Waals surface area contributed by atoms with E-state index < -0.39 is 35.7 Å². The molecule has 0 heterocycles. The van der Waals surface area contributed by atoms with Gasteiger partial charge in [-0.25, -0.2) is 9.59 Å². The summed E-state index contributed by atoms with van der Waals surface area (Å²) in [5.41, 5.74) is -0.707. The van der Waals surface area contributed by atoms with Gasteiger partial charge in [0.15, 0.2) is 0 Å². The van der Waals surface area contributed by atoms with Gasteiger partial charge in [0.2, 0.25) is 5.91 Å². The maximum absolute atomic E-state index is 13.2. The Morgan fingerprint density at radius 3 is 2.06 bits per heavy atom. The van der Waals surface area contributed by atoms with Crippen LogP contribution in [-0.2, 0) is 14.3 Å². The molecule has 0 aliphatic rings. The first-order chi connectivity index (χ1) is 14.3. The predicted octanol–water partition coefficient (Wildman–Crippen LogP) is 3.65. The van der Waals surface area contributed by atoms with Crippen LogP contribution in [0.2, 0.25) is 0 Å². The predicted molar refractivity (Wildman–Crippen MR) is 118 cm³/mol. The van der Waals surface area contributed by atoms with Crippen molar-refractivity contribution >= 4 is 18.0 Å². The largest absolute Gasteiger partial charge is 0.494 e. The van der Waals surface area contributed by atoms with Crippen molar-refractivity contribution in [2.24, 2.45) is 5.92 Å². The summed E-state index contributed by atoms with van der Waals surface area (Å²) in [5.74, 6) is -0.843. The highest BCUT2D eigenvalue weighted by Gasteiger charge is 2.36. The zero-order valence-electron chi connectivity index (χ0n) is 19.6. The third-order valence-electron chi connectivity index (χ3n) is 4.63. The van der Waals surface area contributed by atoms with Gasteiger partial charge >= 0.3 is 12.1 Å². The van der Waals surface area contributed by atoms with Crippen molar-refractivity contribution in [2.45, 2.75) is 65.1 Å². The van der Waals surface area contributed by atoms with Crippen LogP contribution in [0.1, 0.15) is 47.5 Å². The summed E-state index contributed by atoms with van der Waals surface area (Å²) in [4.78, 5) is 40.1. The van der Waals surface area contributed by atoms with Crippen LogP contribution in [0.4, 0.5) is 4.79 Å². The molecule has 0 saturated carbocycles. The number of benzene rings is 1. The smallest absolute Gasteiger partial charge is 0.410 e. The van der Waals surface area contributed by atoms with E-state index in [2.05, 4.69) is 0 Å². The number of hydrogen-bond donors (Lipinski definition) is 1. The molecule has 0 radical (unpaired) electrons. The van der Waals surface area contributed by atoms with E-state index in [9.17, 15) is 19.5 Å². The molecule has 0 aromatic heterocycles. The second-order valence-electron chi connectivity index (χ2n) is 8.99. The van der Waals surface area contributed by atoms with Crippen molar-refractivity contribution in [3.05, 3.63) is 30.3 Å². The van der Waals surface area contributed by atoms with Gasteiger partial charge in [-0.15, -0.1) is 0 Å². The molecule has 1 aromatic carbocycles. The highest BCUT2D eigenvalue weighted by molar-refractivity contribution is 5.89. The molecule has 0 bridgehead atoms. The van der Waals surface area contributed by atoms with Crippen LogP contribution in [0.25, 0.3) is 0 Å². The Morgan fingerprint density at radius 2 is 1.58 bits per heavy atom. The summed E-state index contributed by atoms with van der Waals surface area (Å²) in [6, 6.07) is 7.13. The van der Waals surface area contributed by atoms with Gasteiger partial charge in [0, 0.05) is 20.5 Å². The van der Waals surface area contributed by atoms with Gasteiger partial charge in [0.25, 0.3) is 0 Å². The monoisotopic (exact) mass is 436 g/mol. The molecular weight excluding hydrogens is 400 g/mol. The summed E-state index contributed by atoms with van der Waals surface area (Å²) in [7, 11) is 2.95. The van der Waals surface area contributed by atoms with Crippen molar-refractivity contribution in [2.75, 3.05) is 20.7 Å². The average molecular weight is 437 g/mol. The van der Waals surface area contributed by atoms with Crippen LogP contribution in [0.3, 0.4) is 0 Å². The summed E-state index contributed by atoms with van der Waals surface area (Å²) in [6.45, 7) is 9.25. The van der Waals surface area contributed by atoms with Crippen LogP contribution >= 0.6 is 0 Å². The Kier molecular flexibility index (Phi) is 9.81. The first-order valence-electron chi connectivity index (χ1n) is 10.5. The number of carbonyl (C=O) groups excluding carboxylic acids is 2. The molecule has 0 saturated heterocycles. The minimum atomic E-state index is -1.13. The molecule has 0 aliphatic carbocycles. The summed E-state index contributed by atoms with van der Waals surface area (Å²) in [5, 5.41) is 9.70. The van der Waals surface area contributed by atoms with Gasteiger partial charge < -0.3 is 19.5 Å². The fraction of sp³-hybridized carbons (Fsp3) is 0.609. The van der Waals surface area contributed by atoms with Crippen molar-refractivity contribution in [1.82, 2.24) is 9.80 Å². The summed E-state index contributed by atoms with van der Waals surface area (Å²) in [6.07, 6.45) is -0.137. The van der Waals surface area contributed by atoms with Crippen LogP contribution in [0.5, 0.6) is 5.75 Å². The molecule has 174 valence electrons. The van der Waals surface area contributed by atoms with E-state index in [0.29, 0.717) is 12.2 Å². The molecule has 0 spiro atoms. The Labute approximate surface area is 185 Å². The van der Waals surface area contributed by atoms with E-state index in [4.69, 9.17) is 9.47 Å². The number of para-hydroxylation sites is 1.